The van der Waals surface area contributed by atoms with Crippen LogP contribution in [0.1, 0.15) is 24.3 Å². The summed E-state index contributed by atoms with van der Waals surface area (Å²) in [6.45, 7) is 0. The van der Waals surface area contributed by atoms with Crippen LogP contribution in [0.15, 0.2) is 88.9 Å². The quantitative estimate of drug-likeness (QED) is 0.316. The van der Waals surface area contributed by atoms with E-state index in [2.05, 4.69) is 4.98 Å². The van der Waals surface area contributed by atoms with Gasteiger partial charge in [-0.05, 0) is 48.7 Å². The van der Waals surface area contributed by atoms with Gasteiger partial charge in [0.2, 0.25) is 0 Å². The van der Waals surface area contributed by atoms with Crippen molar-refractivity contribution >= 4 is 39.5 Å². The number of ether oxygens (including phenoxy) is 2. The summed E-state index contributed by atoms with van der Waals surface area (Å²) >= 11 is 1.25. The summed E-state index contributed by atoms with van der Waals surface area (Å²) in [5.41, 5.74) is 1.37. The Hall–Kier alpha value is -3.57. The lowest BCUT2D eigenvalue weighted by atomic mass is 9.95. The summed E-state index contributed by atoms with van der Waals surface area (Å²) in [4.78, 5) is 32.0. The first-order chi connectivity index (χ1) is 18.4. The molecule has 1 aromatic heterocycles. The molecule has 2 aromatic carbocycles. The highest BCUT2D eigenvalue weighted by atomic mass is 32.2. The van der Waals surface area contributed by atoms with Crippen molar-refractivity contribution in [2.75, 3.05) is 18.5 Å². The number of rotatable bonds is 7. The predicted molar refractivity (Wildman–Crippen MR) is 142 cm³/mol. The van der Waals surface area contributed by atoms with E-state index < -0.39 is 39.5 Å². The van der Waals surface area contributed by atoms with Gasteiger partial charge in [0.15, 0.2) is 0 Å². The smallest absolute Gasteiger partial charge is 0.411 e. The standard InChI is InChI=1S/C27H27N3O6S2/c1-35-26(31)23(37-24-14-8-9-15-28-24)17-18-16-21-20-12-6-7-13-22(20)30(25(21)29(18)27(32)36-2)38(33,34)19-10-4-3-5-11-19/h3-15,18,21,23,25H,16-17H2,1-2H3/t18-,21+,23+,25-/m0/s1. The first-order valence-electron chi connectivity index (χ1n) is 12.1. The number of carbonyl (C=O) groups is 2. The number of amides is 1. The van der Waals surface area contributed by atoms with Crippen LogP contribution in [0.4, 0.5) is 10.5 Å². The minimum Gasteiger partial charge on any atom is -0.468 e. The third-order valence-electron chi connectivity index (χ3n) is 6.91. The first kappa shape index (κ1) is 26.1. The van der Waals surface area contributed by atoms with Crippen molar-refractivity contribution in [2.24, 2.45) is 0 Å². The number of aromatic nitrogens is 1. The van der Waals surface area contributed by atoms with Gasteiger partial charge in [-0.1, -0.05) is 54.2 Å². The molecule has 3 aromatic rings. The second kappa shape index (κ2) is 10.7. The van der Waals surface area contributed by atoms with E-state index in [1.807, 2.05) is 18.2 Å². The lowest BCUT2D eigenvalue weighted by Gasteiger charge is -2.35. The third-order valence-corrected chi connectivity index (χ3v) is 9.87. The maximum Gasteiger partial charge on any atom is 0.411 e. The summed E-state index contributed by atoms with van der Waals surface area (Å²) in [7, 11) is -1.44. The minimum atomic E-state index is -4.03. The maximum absolute atomic E-state index is 14.0. The van der Waals surface area contributed by atoms with E-state index in [9.17, 15) is 18.0 Å². The average molecular weight is 554 g/mol. The number of carbonyl (C=O) groups excluding carboxylic acids is 2. The van der Waals surface area contributed by atoms with Gasteiger partial charge in [0.05, 0.1) is 29.8 Å². The molecule has 2 aliphatic rings. The Labute approximate surface area is 225 Å². The zero-order valence-electron chi connectivity index (χ0n) is 20.8. The molecule has 1 saturated heterocycles. The second-order valence-electron chi connectivity index (χ2n) is 8.99. The van der Waals surface area contributed by atoms with E-state index in [0.29, 0.717) is 17.1 Å². The molecule has 198 valence electrons. The molecule has 38 heavy (non-hydrogen) atoms. The number of pyridine rings is 1. The molecule has 0 spiro atoms. The number of hydrogen-bond donors (Lipinski definition) is 0. The van der Waals surface area contributed by atoms with Crippen LogP contribution < -0.4 is 4.31 Å². The zero-order chi connectivity index (χ0) is 26.9. The molecule has 5 rings (SSSR count). The van der Waals surface area contributed by atoms with Gasteiger partial charge in [-0.3, -0.25) is 9.69 Å². The zero-order valence-corrected chi connectivity index (χ0v) is 22.5. The second-order valence-corrected chi connectivity index (χ2v) is 12.0. The fourth-order valence-corrected chi connectivity index (χ4v) is 8.10. The van der Waals surface area contributed by atoms with Gasteiger partial charge < -0.3 is 9.47 Å². The Bertz CT molecular complexity index is 1420. The molecule has 3 heterocycles. The largest absolute Gasteiger partial charge is 0.468 e. The summed E-state index contributed by atoms with van der Waals surface area (Å²) in [6, 6.07) is 20.4. The number of benzene rings is 2. The number of sulfonamides is 1. The van der Waals surface area contributed by atoms with E-state index in [0.717, 1.165) is 5.56 Å². The predicted octanol–water partition coefficient (Wildman–Crippen LogP) is 4.26. The van der Waals surface area contributed by atoms with Crippen molar-refractivity contribution in [2.45, 2.75) is 46.1 Å². The van der Waals surface area contributed by atoms with Crippen LogP contribution in [0.5, 0.6) is 0 Å². The van der Waals surface area contributed by atoms with Crippen LogP contribution in [0.2, 0.25) is 0 Å². The molecule has 0 unspecified atom stereocenters. The molecule has 1 fully saturated rings. The summed E-state index contributed by atoms with van der Waals surface area (Å²) in [5.74, 6) is -0.747. The van der Waals surface area contributed by atoms with Crippen LogP contribution in [0, 0.1) is 0 Å². The molecule has 2 aliphatic heterocycles. The van der Waals surface area contributed by atoms with E-state index >= 15 is 0 Å². The molecule has 0 bridgehead atoms. The molecule has 0 saturated carbocycles. The SMILES string of the molecule is COC(=O)[C@@H](C[C@@H]1C[C@@H]2c3ccccc3N(S(=O)(=O)c3ccccc3)[C@@H]2N1C(=O)OC)Sc1ccccn1. The number of nitrogens with zero attached hydrogens (tertiary/aromatic N) is 3. The normalized spacial score (nSPS) is 20.9. The lowest BCUT2D eigenvalue weighted by molar-refractivity contribution is -0.140. The van der Waals surface area contributed by atoms with Crippen LogP contribution >= 0.6 is 11.8 Å². The van der Waals surface area contributed by atoms with E-state index in [1.54, 1.807) is 48.7 Å². The topological polar surface area (TPSA) is 106 Å². The van der Waals surface area contributed by atoms with Gasteiger partial charge in [0, 0.05) is 18.2 Å². The van der Waals surface area contributed by atoms with E-state index in [1.165, 1.54) is 47.3 Å². The van der Waals surface area contributed by atoms with Crippen molar-refractivity contribution in [1.29, 1.82) is 0 Å². The first-order valence-corrected chi connectivity index (χ1v) is 14.4. The Morgan fingerprint density at radius 2 is 1.71 bits per heavy atom. The molecular weight excluding hydrogens is 526 g/mol. The number of para-hydroxylation sites is 1. The average Bonchev–Trinajstić information content (AvgIpc) is 3.47. The number of methoxy groups -OCH3 is 2. The Morgan fingerprint density at radius 1 is 1.00 bits per heavy atom. The maximum atomic E-state index is 14.0. The highest BCUT2D eigenvalue weighted by Gasteiger charge is 2.56. The molecule has 1 amide bonds. The van der Waals surface area contributed by atoms with Crippen molar-refractivity contribution in [1.82, 2.24) is 9.88 Å². The number of hydrogen-bond acceptors (Lipinski definition) is 8. The van der Waals surface area contributed by atoms with Gasteiger partial charge in [-0.2, -0.15) is 0 Å². The minimum absolute atomic E-state index is 0.127. The van der Waals surface area contributed by atoms with Crippen molar-refractivity contribution in [3.63, 3.8) is 0 Å². The fourth-order valence-electron chi connectivity index (χ4n) is 5.33. The van der Waals surface area contributed by atoms with Crippen LogP contribution in [-0.4, -0.2) is 62.0 Å². The molecule has 0 N–H and O–H groups in total. The van der Waals surface area contributed by atoms with Gasteiger partial charge in [-0.15, -0.1) is 0 Å². The van der Waals surface area contributed by atoms with Gasteiger partial charge >= 0.3 is 12.1 Å². The summed E-state index contributed by atoms with van der Waals surface area (Å²) < 4.78 is 39.5. The van der Waals surface area contributed by atoms with Gasteiger partial charge in [0.1, 0.15) is 11.4 Å². The molecule has 9 nitrogen and oxygen atoms in total. The molecule has 4 atom stereocenters. The van der Waals surface area contributed by atoms with Gasteiger partial charge in [-0.25, -0.2) is 22.5 Å². The monoisotopic (exact) mass is 553 g/mol. The van der Waals surface area contributed by atoms with Crippen molar-refractivity contribution in [3.05, 3.63) is 84.6 Å². The van der Waals surface area contributed by atoms with Crippen molar-refractivity contribution in [3.8, 4) is 0 Å². The number of anilines is 1. The van der Waals surface area contributed by atoms with Gasteiger partial charge in [0.25, 0.3) is 10.0 Å². The van der Waals surface area contributed by atoms with Crippen LogP contribution in [0.3, 0.4) is 0 Å². The molecule has 11 heteroatoms. The lowest BCUT2D eigenvalue weighted by Crippen LogP contribution is -2.52. The van der Waals surface area contributed by atoms with Crippen LogP contribution in [0.25, 0.3) is 0 Å². The Kier molecular flexibility index (Phi) is 7.31. The third kappa shape index (κ3) is 4.60. The number of esters is 1. The molecule has 0 aliphatic carbocycles. The van der Waals surface area contributed by atoms with E-state index in [-0.39, 0.29) is 17.2 Å². The Balaban J connectivity index is 1.55. The molecular formula is C27H27N3O6S2. The number of likely N-dealkylation sites (tertiary alicyclic amines) is 1. The summed E-state index contributed by atoms with van der Waals surface area (Å²) in [6.07, 6.45) is 0.828. The number of fused-ring (bicyclic) bond motifs is 3. The number of thioether (sulfide) groups is 1. The molecule has 0 radical (unpaired) electrons. The van der Waals surface area contributed by atoms with Crippen molar-refractivity contribution < 1.29 is 27.5 Å². The highest BCUT2D eigenvalue weighted by molar-refractivity contribution is 8.00. The Morgan fingerprint density at radius 3 is 2.39 bits per heavy atom. The summed E-state index contributed by atoms with van der Waals surface area (Å²) in [5, 5.41) is -0.0235. The van der Waals surface area contributed by atoms with E-state index in [4.69, 9.17) is 9.47 Å². The highest BCUT2D eigenvalue weighted by Crippen LogP contribution is 2.53. The fraction of sp³-hybridized carbons (Fsp3) is 0.296. The van der Waals surface area contributed by atoms with Crippen LogP contribution in [-0.2, 0) is 24.3 Å².